The maximum atomic E-state index is 12.1. The molecule has 21 heavy (non-hydrogen) atoms. The molecule has 0 aromatic rings. The number of carboxylic acid groups (broad SMARTS) is 1. The fraction of sp³-hybridized carbons (Fsp3) is 0.867. The lowest BCUT2D eigenvalue weighted by Gasteiger charge is -2.35. The number of carbonyl (C=O) groups is 2. The molecule has 5 nitrogen and oxygen atoms in total. The van der Waals surface area contributed by atoms with Crippen LogP contribution < -0.4 is 5.32 Å². The molecule has 1 saturated heterocycles. The summed E-state index contributed by atoms with van der Waals surface area (Å²) in [5.74, 6) is 0.666. The smallest absolute Gasteiger partial charge is 0.326 e. The van der Waals surface area contributed by atoms with Gasteiger partial charge in [0, 0.05) is 13.1 Å². The normalized spacial score (nSPS) is 22.1. The Labute approximate surface area is 131 Å². The summed E-state index contributed by atoms with van der Waals surface area (Å²) in [5.41, 5.74) is 0. The van der Waals surface area contributed by atoms with Crippen LogP contribution in [0.5, 0.6) is 0 Å². The Morgan fingerprint density at radius 3 is 2.67 bits per heavy atom. The first kappa shape index (κ1) is 18.1. The maximum absolute atomic E-state index is 12.1. The molecule has 1 fully saturated rings. The van der Waals surface area contributed by atoms with Crippen LogP contribution in [-0.4, -0.2) is 53.1 Å². The summed E-state index contributed by atoms with van der Waals surface area (Å²) >= 11 is 1.86. The number of carbonyl (C=O) groups excluding carboxylic acids is 1. The molecule has 0 aromatic carbocycles. The number of piperidine rings is 1. The van der Waals surface area contributed by atoms with Crippen molar-refractivity contribution in [1.82, 2.24) is 10.2 Å². The van der Waals surface area contributed by atoms with Gasteiger partial charge in [-0.05, 0) is 43.6 Å². The van der Waals surface area contributed by atoms with Crippen molar-refractivity contribution in [2.45, 2.75) is 51.5 Å². The first-order chi connectivity index (χ1) is 10.1. The Kier molecular flexibility index (Phi) is 8.57. The van der Waals surface area contributed by atoms with Crippen LogP contribution in [0.2, 0.25) is 0 Å². The molecule has 2 N–H and O–H groups in total. The molecule has 0 saturated carbocycles. The number of hydrogen-bond acceptors (Lipinski definition) is 3. The van der Waals surface area contributed by atoms with E-state index in [9.17, 15) is 14.7 Å². The summed E-state index contributed by atoms with van der Waals surface area (Å²) in [6, 6.07) is -0.895. The SMILES string of the molecule is CSCCCCCCNC(=O)N1CCC(C)CC1C(=O)O. The summed E-state index contributed by atoms with van der Waals surface area (Å²) in [4.78, 5) is 24.9. The quantitative estimate of drug-likeness (QED) is 0.676. The highest BCUT2D eigenvalue weighted by Gasteiger charge is 2.34. The molecule has 0 spiro atoms. The largest absolute Gasteiger partial charge is 0.480 e. The Morgan fingerprint density at radius 1 is 1.29 bits per heavy atom. The number of nitrogens with zero attached hydrogens (tertiary/aromatic N) is 1. The summed E-state index contributed by atoms with van der Waals surface area (Å²) in [7, 11) is 0. The molecule has 2 amide bonds. The number of likely N-dealkylation sites (tertiary alicyclic amines) is 1. The second-order valence-corrected chi connectivity index (χ2v) is 6.80. The van der Waals surface area contributed by atoms with Gasteiger partial charge in [-0.2, -0.15) is 11.8 Å². The molecule has 0 bridgehead atoms. The highest BCUT2D eigenvalue weighted by atomic mass is 32.2. The molecule has 6 heteroatoms. The maximum Gasteiger partial charge on any atom is 0.326 e. The number of rotatable bonds is 8. The topological polar surface area (TPSA) is 69.6 Å². The van der Waals surface area contributed by atoms with Gasteiger partial charge in [0.1, 0.15) is 6.04 Å². The van der Waals surface area contributed by atoms with Crippen molar-refractivity contribution in [2.75, 3.05) is 25.1 Å². The average Bonchev–Trinajstić information content (AvgIpc) is 2.46. The van der Waals surface area contributed by atoms with Crippen LogP contribution in [0.3, 0.4) is 0 Å². The van der Waals surface area contributed by atoms with Gasteiger partial charge in [0.25, 0.3) is 0 Å². The Balaban J connectivity index is 2.25. The molecular weight excluding hydrogens is 288 g/mol. The molecule has 1 heterocycles. The van der Waals surface area contributed by atoms with E-state index in [0.29, 0.717) is 25.4 Å². The summed E-state index contributed by atoms with van der Waals surface area (Å²) in [6.45, 7) is 3.22. The van der Waals surface area contributed by atoms with Crippen molar-refractivity contribution in [1.29, 1.82) is 0 Å². The lowest BCUT2D eigenvalue weighted by molar-refractivity contribution is -0.143. The second-order valence-electron chi connectivity index (χ2n) is 5.82. The predicted octanol–water partition coefficient (Wildman–Crippen LogP) is 2.80. The number of thioether (sulfide) groups is 1. The first-order valence-electron chi connectivity index (χ1n) is 7.82. The van der Waals surface area contributed by atoms with Crippen LogP contribution in [-0.2, 0) is 4.79 Å². The lowest BCUT2D eigenvalue weighted by Crippen LogP contribution is -2.53. The van der Waals surface area contributed by atoms with Crippen LogP contribution in [0.4, 0.5) is 4.79 Å². The molecule has 0 radical (unpaired) electrons. The molecule has 1 aliphatic rings. The standard InChI is InChI=1S/C15H28N2O3S/c1-12-7-9-17(13(11-12)14(18)19)15(20)16-8-5-3-4-6-10-21-2/h12-13H,3-11H2,1-2H3,(H,16,20)(H,18,19). The lowest BCUT2D eigenvalue weighted by atomic mass is 9.93. The van der Waals surface area contributed by atoms with Crippen LogP contribution >= 0.6 is 11.8 Å². The van der Waals surface area contributed by atoms with Gasteiger partial charge in [-0.3, -0.25) is 0 Å². The van der Waals surface area contributed by atoms with Gasteiger partial charge in [-0.15, -0.1) is 0 Å². The minimum absolute atomic E-state index is 0.224. The van der Waals surface area contributed by atoms with Crippen LogP contribution in [0.25, 0.3) is 0 Å². The molecule has 0 aromatic heterocycles. The highest BCUT2D eigenvalue weighted by Crippen LogP contribution is 2.22. The van der Waals surface area contributed by atoms with Gasteiger partial charge in [0.2, 0.25) is 0 Å². The molecule has 0 aliphatic carbocycles. The number of urea groups is 1. The third kappa shape index (κ3) is 6.59. The van der Waals surface area contributed by atoms with E-state index in [4.69, 9.17) is 0 Å². The van der Waals surface area contributed by atoms with E-state index in [2.05, 4.69) is 11.6 Å². The third-order valence-corrected chi connectivity index (χ3v) is 4.66. The molecule has 122 valence electrons. The second kappa shape index (κ2) is 9.92. The summed E-state index contributed by atoms with van der Waals surface area (Å²) in [6.07, 6.45) is 8.03. The van der Waals surface area contributed by atoms with Gasteiger partial charge in [0.15, 0.2) is 0 Å². The van der Waals surface area contributed by atoms with Crippen LogP contribution in [0.15, 0.2) is 0 Å². The van der Waals surface area contributed by atoms with E-state index in [-0.39, 0.29) is 6.03 Å². The number of carboxylic acids is 1. The zero-order valence-electron chi connectivity index (χ0n) is 13.1. The Bertz CT molecular complexity index is 339. The van der Waals surface area contributed by atoms with Crippen molar-refractivity contribution in [3.8, 4) is 0 Å². The van der Waals surface area contributed by atoms with Crippen molar-refractivity contribution in [3.05, 3.63) is 0 Å². The molecule has 2 atom stereocenters. The minimum Gasteiger partial charge on any atom is -0.480 e. The van der Waals surface area contributed by atoms with E-state index in [1.165, 1.54) is 23.5 Å². The van der Waals surface area contributed by atoms with E-state index in [0.717, 1.165) is 19.3 Å². The number of hydrogen-bond donors (Lipinski definition) is 2. The zero-order valence-corrected chi connectivity index (χ0v) is 14.0. The first-order valence-corrected chi connectivity index (χ1v) is 9.21. The highest BCUT2D eigenvalue weighted by molar-refractivity contribution is 7.98. The van der Waals surface area contributed by atoms with Crippen molar-refractivity contribution in [2.24, 2.45) is 5.92 Å². The Morgan fingerprint density at radius 2 is 2.00 bits per heavy atom. The van der Waals surface area contributed by atoms with Gasteiger partial charge in [0.05, 0.1) is 0 Å². The van der Waals surface area contributed by atoms with Crippen LogP contribution in [0, 0.1) is 5.92 Å². The predicted molar refractivity (Wildman–Crippen MR) is 86.8 cm³/mol. The van der Waals surface area contributed by atoms with E-state index < -0.39 is 12.0 Å². The van der Waals surface area contributed by atoms with Crippen molar-refractivity contribution in [3.63, 3.8) is 0 Å². The minimum atomic E-state index is -0.895. The van der Waals surface area contributed by atoms with Crippen molar-refractivity contribution >= 4 is 23.8 Å². The van der Waals surface area contributed by atoms with E-state index in [1.54, 1.807) is 0 Å². The molecule has 1 aliphatic heterocycles. The van der Waals surface area contributed by atoms with Gasteiger partial charge in [-0.25, -0.2) is 9.59 Å². The third-order valence-electron chi connectivity index (χ3n) is 3.96. The number of unbranched alkanes of at least 4 members (excludes halogenated alkanes) is 3. The molecule has 1 rings (SSSR count). The molecular formula is C15H28N2O3S. The number of amides is 2. The fourth-order valence-electron chi connectivity index (χ4n) is 2.64. The fourth-order valence-corrected chi connectivity index (χ4v) is 3.13. The van der Waals surface area contributed by atoms with E-state index >= 15 is 0 Å². The zero-order chi connectivity index (χ0) is 15.7. The van der Waals surface area contributed by atoms with Gasteiger partial charge >= 0.3 is 12.0 Å². The van der Waals surface area contributed by atoms with Crippen molar-refractivity contribution < 1.29 is 14.7 Å². The molecule has 2 unspecified atom stereocenters. The summed E-state index contributed by atoms with van der Waals surface area (Å²) < 4.78 is 0. The average molecular weight is 316 g/mol. The number of nitrogens with one attached hydrogen (secondary N) is 1. The Hall–Kier alpha value is -0.910. The van der Waals surface area contributed by atoms with Gasteiger partial charge in [-0.1, -0.05) is 19.8 Å². The van der Waals surface area contributed by atoms with E-state index in [1.807, 2.05) is 18.7 Å². The van der Waals surface area contributed by atoms with Gasteiger partial charge < -0.3 is 15.3 Å². The van der Waals surface area contributed by atoms with Crippen LogP contribution in [0.1, 0.15) is 45.4 Å². The summed E-state index contributed by atoms with van der Waals surface area (Å²) in [5, 5.41) is 12.1. The number of aliphatic carboxylic acids is 1. The monoisotopic (exact) mass is 316 g/mol.